The summed E-state index contributed by atoms with van der Waals surface area (Å²) in [6, 6.07) is 10.6. The molecule has 0 aliphatic carbocycles. The first-order valence-electron chi connectivity index (χ1n) is 6.79. The molecule has 1 aromatic heterocycles. The number of nitrogen functional groups attached to an aromatic ring is 1. The van der Waals surface area contributed by atoms with Crippen molar-refractivity contribution in [3.63, 3.8) is 0 Å². The van der Waals surface area contributed by atoms with Gasteiger partial charge in [-0.1, -0.05) is 37.3 Å². The molecule has 0 amide bonds. The number of benzene rings is 1. The van der Waals surface area contributed by atoms with Crippen molar-refractivity contribution in [1.82, 2.24) is 9.97 Å². The SMILES string of the molecule is CCC(Nc1nc(C)nc(NN)c1C)c1ccccc1. The zero-order valence-corrected chi connectivity index (χ0v) is 12.1. The van der Waals surface area contributed by atoms with Crippen molar-refractivity contribution in [3.05, 3.63) is 47.3 Å². The van der Waals surface area contributed by atoms with Crippen LogP contribution in [-0.4, -0.2) is 9.97 Å². The smallest absolute Gasteiger partial charge is 0.148 e. The van der Waals surface area contributed by atoms with Gasteiger partial charge in [0.1, 0.15) is 17.5 Å². The Hall–Kier alpha value is -2.14. The van der Waals surface area contributed by atoms with Crippen molar-refractivity contribution >= 4 is 11.6 Å². The minimum atomic E-state index is 0.217. The maximum absolute atomic E-state index is 5.49. The highest BCUT2D eigenvalue weighted by Gasteiger charge is 2.13. The molecule has 0 bridgehead atoms. The van der Waals surface area contributed by atoms with Crippen LogP contribution in [0, 0.1) is 13.8 Å². The Morgan fingerprint density at radius 2 is 1.75 bits per heavy atom. The van der Waals surface area contributed by atoms with Crippen LogP contribution in [0.5, 0.6) is 0 Å². The molecule has 106 valence electrons. The van der Waals surface area contributed by atoms with Gasteiger partial charge in [0.2, 0.25) is 0 Å². The third-order valence-corrected chi connectivity index (χ3v) is 3.32. The van der Waals surface area contributed by atoms with Crippen LogP contribution >= 0.6 is 0 Å². The first kappa shape index (κ1) is 14.3. The summed E-state index contributed by atoms with van der Waals surface area (Å²) in [6.45, 7) is 5.96. The van der Waals surface area contributed by atoms with Crippen LogP contribution in [-0.2, 0) is 0 Å². The van der Waals surface area contributed by atoms with Crippen molar-refractivity contribution < 1.29 is 0 Å². The van der Waals surface area contributed by atoms with Gasteiger partial charge in [0.25, 0.3) is 0 Å². The predicted molar refractivity (Wildman–Crippen MR) is 82.4 cm³/mol. The van der Waals surface area contributed by atoms with Crippen LogP contribution in [0.25, 0.3) is 0 Å². The van der Waals surface area contributed by atoms with Gasteiger partial charge in [0, 0.05) is 5.56 Å². The van der Waals surface area contributed by atoms with Crippen LogP contribution in [0.4, 0.5) is 11.6 Å². The van der Waals surface area contributed by atoms with Gasteiger partial charge in [-0.3, -0.25) is 0 Å². The molecule has 5 heteroatoms. The van der Waals surface area contributed by atoms with Crippen LogP contribution in [0.3, 0.4) is 0 Å². The van der Waals surface area contributed by atoms with Crippen molar-refractivity contribution in [2.75, 3.05) is 10.7 Å². The maximum Gasteiger partial charge on any atom is 0.148 e. The van der Waals surface area contributed by atoms with Crippen LogP contribution in [0.15, 0.2) is 30.3 Å². The third-order valence-electron chi connectivity index (χ3n) is 3.32. The average Bonchev–Trinajstić information content (AvgIpc) is 2.48. The molecule has 4 N–H and O–H groups in total. The summed E-state index contributed by atoms with van der Waals surface area (Å²) in [5.74, 6) is 7.66. The molecule has 0 radical (unpaired) electrons. The molecule has 2 aromatic rings. The van der Waals surface area contributed by atoms with Gasteiger partial charge < -0.3 is 10.7 Å². The quantitative estimate of drug-likeness (QED) is 0.576. The van der Waals surface area contributed by atoms with E-state index in [-0.39, 0.29) is 6.04 Å². The second-order valence-electron chi connectivity index (χ2n) is 4.75. The third kappa shape index (κ3) is 3.05. The molecule has 0 aliphatic heterocycles. The summed E-state index contributed by atoms with van der Waals surface area (Å²) in [4.78, 5) is 8.75. The number of aromatic nitrogens is 2. The lowest BCUT2D eigenvalue weighted by molar-refractivity contribution is 0.741. The number of hydrogen-bond donors (Lipinski definition) is 3. The van der Waals surface area contributed by atoms with Gasteiger partial charge in [-0.15, -0.1) is 0 Å². The van der Waals surface area contributed by atoms with E-state index in [1.54, 1.807) is 0 Å². The van der Waals surface area contributed by atoms with E-state index in [0.29, 0.717) is 11.6 Å². The van der Waals surface area contributed by atoms with E-state index < -0.39 is 0 Å². The van der Waals surface area contributed by atoms with Gasteiger partial charge in [0.05, 0.1) is 6.04 Å². The summed E-state index contributed by atoms with van der Waals surface area (Å²) in [5, 5.41) is 3.48. The van der Waals surface area contributed by atoms with Gasteiger partial charge in [0.15, 0.2) is 0 Å². The fourth-order valence-corrected chi connectivity index (χ4v) is 2.18. The molecule has 1 heterocycles. The Bertz CT molecular complexity index is 568. The highest BCUT2D eigenvalue weighted by Crippen LogP contribution is 2.25. The molecule has 1 atom stereocenters. The van der Waals surface area contributed by atoms with E-state index in [4.69, 9.17) is 5.84 Å². The zero-order chi connectivity index (χ0) is 14.5. The number of anilines is 2. The number of rotatable bonds is 5. The fourth-order valence-electron chi connectivity index (χ4n) is 2.18. The minimum absolute atomic E-state index is 0.217. The van der Waals surface area contributed by atoms with Crippen LogP contribution < -0.4 is 16.6 Å². The van der Waals surface area contributed by atoms with Crippen molar-refractivity contribution in [1.29, 1.82) is 0 Å². The van der Waals surface area contributed by atoms with Crippen LogP contribution in [0.2, 0.25) is 0 Å². The molecule has 20 heavy (non-hydrogen) atoms. The number of nitrogens with one attached hydrogen (secondary N) is 2. The van der Waals surface area contributed by atoms with Gasteiger partial charge in [-0.05, 0) is 25.8 Å². The van der Waals surface area contributed by atoms with Crippen molar-refractivity contribution in [3.8, 4) is 0 Å². The maximum atomic E-state index is 5.49. The fraction of sp³-hybridized carbons (Fsp3) is 0.333. The first-order chi connectivity index (χ1) is 9.65. The van der Waals surface area contributed by atoms with Crippen LogP contribution in [0.1, 0.15) is 36.3 Å². The molecule has 0 aliphatic rings. The molecule has 1 unspecified atom stereocenters. The molecular weight excluding hydrogens is 250 g/mol. The standard InChI is InChI=1S/C15H21N5/c1-4-13(12-8-6-5-7-9-12)19-14-10(2)15(20-16)18-11(3)17-14/h5-9,13H,4,16H2,1-3H3,(H2,17,18,19,20). The lowest BCUT2D eigenvalue weighted by Gasteiger charge is -2.20. The molecule has 0 spiro atoms. The van der Waals surface area contributed by atoms with E-state index in [2.05, 4.69) is 39.8 Å². The summed E-state index contributed by atoms with van der Waals surface area (Å²) in [7, 11) is 0. The number of hydrazine groups is 1. The highest BCUT2D eigenvalue weighted by atomic mass is 15.3. The van der Waals surface area contributed by atoms with E-state index in [0.717, 1.165) is 17.8 Å². The number of nitrogens with zero attached hydrogens (tertiary/aromatic N) is 2. The molecule has 5 nitrogen and oxygen atoms in total. The zero-order valence-electron chi connectivity index (χ0n) is 12.1. The number of hydrogen-bond acceptors (Lipinski definition) is 5. The van der Waals surface area contributed by atoms with Gasteiger partial charge in [-0.2, -0.15) is 0 Å². The molecular formula is C15H21N5. The van der Waals surface area contributed by atoms with E-state index >= 15 is 0 Å². The molecule has 0 saturated heterocycles. The largest absolute Gasteiger partial charge is 0.363 e. The number of nitrogens with two attached hydrogens (primary N) is 1. The highest BCUT2D eigenvalue weighted by molar-refractivity contribution is 5.57. The van der Waals surface area contributed by atoms with Crippen molar-refractivity contribution in [2.24, 2.45) is 5.84 Å². The Labute approximate surface area is 119 Å². The second-order valence-corrected chi connectivity index (χ2v) is 4.75. The minimum Gasteiger partial charge on any atom is -0.363 e. The molecule has 0 fully saturated rings. The Morgan fingerprint density at radius 1 is 1.10 bits per heavy atom. The van der Waals surface area contributed by atoms with E-state index in [1.165, 1.54) is 5.56 Å². The molecule has 0 saturated carbocycles. The Kier molecular flexibility index (Phi) is 4.53. The predicted octanol–water partition coefficient (Wildman–Crippen LogP) is 2.94. The number of aryl methyl sites for hydroxylation is 1. The average molecular weight is 271 g/mol. The first-order valence-corrected chi connectivity index (χ1v) is 6.79. The lowest BCUT2D eigenvalue weighted by Crippen LogP contribution is -2.16. The summed E-state index contributed by atoms with van der Waals surface area (Å²) in [5.41, 5.74) is 4.78. The summed E-state index contributed by atoms with van der Waals surface area (Å²) >= 11 is 0. The van der Waals surface area contributed by atoms with E-state index in [1.807, 2.05) is 32.0 Å². The topological polar surface area (TPSA) is 75.9 Å². The van der Waals surface area contributed by atoms with Gasteiger partial charge in [-0.25, -0.2) is 15.8 Å². The monoisotopic (exact) mass is 271 g/mol. The van der Waals surface area contributed by atoms with Crippen molar-refractivity contribution in [2.45, 2.75) is 33.2 Å². The normalized spacial score (nSPS) is 12.0. The molecule has 2 rings (SSSR count). The lowest BCUT2D eigenvalue weighted by atomic mass is 10.0. The Morgan fingerprint density at radius 3 is 2.35 bits per heavy atom. The van der Waals surface area contributed by atoms with Gasteiger partial charge >= 0.3 is 0 Å². The van der Waals surface area contributed by atoms with E-state index in [9.17, 15) is 0 Å². The Balaban J connectivity index is 2.31. The summed E-state index contributed by atoms with van der Waals surface area (Å²) in [6.07, 6.45) is 0.970. The second kappa shape index (κ2) is 6.34. The summed E-state index contributed by atoms with van der Waals surface area (Å²) < 4.78 is 0. The molecule has 1 aromatic carbocycles.